The molecule has 12 heteroatoms. The summed E-state index contributed by atoms with van der Waals surface area (Å²) < 4.78 is 39.1. The molecule has 1 unspecified atom stereocenters. The summed E-state index contributed by atoms with van der Waals surface area (Å²) in [6.07, 6.45) is 11.2. The summed E-state index contributed by atoms with van der Waals surface area (Å²) in [6, 6.07) is 10.8. The molecule has 0 radical (unpaired) electrons. The van der Waals surface area contributed by atoms with Crippen molar-refractivity contribution in [3.05, 3.63) is 70.3 Å². The minimum atomic E-state index is -3.50. The third kappa shape index (κ3) is 9.02. The van der Waals surface area contributed by atoms with Gasteiger partial charge in [-0.25, -0.2) is 9.00 Å². The summed E-state index contributed by atoms with van der Waals surface area (Å²) in [4.78, 5) is 29.5. The van der Waals surface area contributed by atoms with Crippen LogP contribution in [0.4, 0.5) is 10.5 Å². The van der Waals surface area contributed by atoms with Crippen molar-refractivity contribution in [1.82, 2.24) is 10.0 Å². The van der Waals surface area contributed by atoms with Gasteiger partial charge in [0.25, 0.3) is 5.91 Å². The molecule has 2 aromatic rings. The second-order valence-electron chi connectivity index (χ2n) is 14.3. The molecule has 6 rings (SSSR count). The van der Waals surface area contributed by atoms with Crippen LogP contribution in [0.5, 0.6) is 5.75 Å². The first-order chi connectivity index (χ1) is 24.2. The van der Waals surface area contributed by atoms with E-state index in [0.717, 1.165) is 55.8 Å². The van der Waals surface area contributed by atoms with Gasteiger partial charge in [-0.05, 0) is 104 Å². The second-order valence-corrected chi connectivity index (χ2v) is 16.7. The zero-order valence-electron chi connectivity index (χ0n) is 29.4. The molecule has 50 heavy (non-hydrogen) atoms. The van der Waals surface area contributed by atoms with Crippen molar-refractivity contribution < 1.29 is 28.0 Å². The summed E-state index contributed by atoms with van der Waals surface area (Å²) in [5.74, 6) is 0.934. The maximum Gasteiger partial charge on any atom is 0.327 e. The molecule has 2 aliphatic carbocycles. The van der Waals surface area contributed by atoms with Crippen LogP contribution in [-0.4, -0.2) is 68.0 Å². The van der Waals surface area contributed by atoms with Crippen molar-refractivity contribution in [3.8, 4) is 5.75 Å². The number of hydrogen-bond donors (Lipinski definition) is 2. The summed E-state index contributed by atoms with van der Waals surface area (Å²) >= 11 is 6.47. The number of anilines is 1. The van der Waals surface area contributed by atoms with Crippen molar-refractivity contribution in [2.24, 2.45) is 28.0 Å². The molecule has 2 aliphatic heterocycles. The smallest absolute Gasteiger partial charge is 0.327 e. The maximum absolute atomic E-state index is 14.5. The molecule has 0 saturated heterocycles. The average molecular weight is 727 g/mol. The molecule has 3 amide bonds. The Hall–Kier alpha value is -3.12. The third-order valence-electron chi connectivity index (χ3n) is 10.7. The Balaban J connectivity index is 1.41. The van der Waals surface area contributed by atoms with E-state index in [0.29, 0.717) is 55.7 Å². The van der Waals surface area contributed by atoms with Gasteiger partial charge in [-0.2, -0.15) is 0 Å². The van der Waals surface area contributed by atoms with Gasteiger partial charge in [0, 0.05) is 49.9 Å². The molecule has 2 fully saturated rings. The second kappa shape index (κ2) is 16.5. The molecular weight excluding hydrogens is 676 g/mol. The predicted octanol–water partition coefficient (Wildman–Crippen LogP) is 6.95. The van der Waals surface area contributed by atoms with Gasteiger partial charge in [-0.15, -0.1) is 4.36 Å². The van der Waals surface area contributed by atoms with Gasteiger partial charge in [-0.1, -0.05) is 43.2 Å². The van der Waals surface area contributed by atoms with Gasteiger partial charge >= 0.3 is 6.03 Å². The Morgan fingerprint density at radius 2 is 2.00 bits per heavy atom. The number of halogens is 1. The van der Waals surface area contributed by atoms with E-state index in [1.807, 2.05) is 25.1 Å². The van der Waals surface area contributed by atoms with Gasteiger partial charge in [0.1, 0.15) is 15.7 Å². The number of urea groups is 1. The zero-order valence-corrected chi connectivity index (χ0v) is 31.0. The van der Waals surface area contributed by atoms with E-state index in [1.54, 1.807) is 20.3 Å². The Labute approximate surface area is 302 Å². The van der Waals surface area contributed by atoms with E-state index in [9.17, 15) is 13.8 Å². The quantitative estimate of drug-likeness (QED) is 0.310. The van der Waals surface area contributed by atoms with E-state index in [4.69, 9.17) is 25.8 Å². The van der Waals surface area contributed by atoms with Crippen LogP contribution in [0.2, 0.25) is 5.02 Å². The molecule has 0 aromatic heterocycles. The average Bonchev–Trinajstić information content (AvgIpc) is 3.81. The van der Waals surface area contributed by atoms with E-state index in [-0.39, 0.29) is 29.7 Å². The summed E-state index contributed by atoms with van der Waals surface area (Å²) in [6.45, 7) is 4.45. The largest absolute Gasteiger partial charge is 0.491 e. The number of nitrogens with zero attached hydrogens (tertiary/aromatic N) is 2. The summed E-state index contributed by atoms with van der Waals surface area (Å²) in [5, 5.41) is 3.61. The topological polar surface area (TPSA) is 119 Å². The van der Waals surface area contributed by atoms with E-state index in [2.05, 4.69) is 43.6 Å². The van der Waals surface area contributed by atoms with Crippen LogP contribution in [0.3, 0.4) is 0 Å². The van der Waals surface area contributed by atoms with Crippen LogP contribution in [0, 0.1) is 23.7 Å². The standard InChI is InChI=1S/C38H51ClN4O6S/c1-4-25-8-7-10-35(48-3)32-15-12-29(32)22-43-21-28-11-14-31(39)18-26(28)9-5-6-17-49-36-16-13-27(20-34(36)43)37(44)41-50(46,24-25)42-38(45)40-33-19-30(33)23-47-2/h7,10-11,13-14,16,18,20,25,29-30,32-33,35H,4-6,8-9,12,15,17,19,21-24H2,1-3H3,(H2,40,41,42,44,45,46)/b10-7+/t25-,29-,30+,32+,33+,35-,50?/m0/s1. The minimum absolute atomic E-state index is 0.0440. The SMILES string of the molecule is CC[C@H]1C/C=C/[C@H](OC)[C@@H]2CC[C@H]2CN2Cc3ccc(Cl)cc3CCCCOc3ccc(cc32)C(=O)N=S(=O)(NC(=O)N[C@@H]2C[C@@H]2COC)C1. The van der Waals surface area contributed by atoms with Gasteiger partial charge < -0.3 is 24.4 Å². The van der Waals surface area contributed by atoms with Crippen molar-refractivity contribution in [3.63, 3.8) is 0 Å². The fourth-order valence-electron chi connectivity index (χ4n) is 7.52. The van der Waals surface area contributed by atoms with Crippen LogP contribution in [-0.2, 0) is 32.4 Å². The molecule has 2 heterocycles. The number of carbonyl (C=O) groups excluding carboxylic acids is 2. The number of fused-ring (bicyclic) bond motifs is 3. The number of benzene rings is 2. The number of ether oxygens (including phenoxy) is 3. The first-order valence-corrected chi connectivity index (χ1v) is 20.1. The van der Waals surface area contributed by atoms with Crippen molar-refractivity contribution >= 4 is 39.1 Å². The van der Waals surface area contributed by atoms with Gasteiger partial charge in [0.15, 0.2) is 0 Å². The lowest BCUT2D eigenvalue weighted by atomic mass is 9.70. The monoisotopic (exact) mass is 726 g/mol. The third-order valence-corrected chi connectivity index (χ3v) is 12.9. The number of carbonyl (C=O) groups is 2. The number of nitrogens with one attached hydrogen (secondary N) is 2. The highest BCUT2D eigenvalue weighted by Gasteiger charge is 2.39. The highest BCUT2D eigenvalue weighted by atomic mass is 35.5. The normalized spacial score (nSPS) is 30.6. The summed E-state index contributed by atoms with van der Waals surface area (Å²) in [5.41, 5.74) is 3.48. The number of rotatable bonds is 6. The summed E-state index contributed by atoms with van der Waals surface area (Å²) in [7, 11) is -0.107. The lowest BCUT2D eigenvalue weighted by molar-refractivity contribution is 0.0133. The number of hydrogen-bond acceptors (Lipinski definition) is 7. The van der Waals surface area contributed by atoms with E-state index in [1.165, 1.54) is 11.1 Å². The van der Waals surface area contributed by atoms with Crippen LogP contribution < -0.4 is 19.7 Å². The predicted molar refractivity (Wildman–Crippen MR) is 197 cm³/mol. The van der Waals surface area contributed by atoms with Gasteiger partial charge in [0.2, 0.25) is 0 Å². The molecule has 0 spiro atoms. The van der Waals surface area contributed by atoms with Gasteiger partial charge in [0.05, 0.1) is 30.8 Å². The molecule has 2 saturated carbocycles. The van der Waals surface area contributed by atoms with Crippen LogP contribution in [0.15, 0.2) is 52.9 Å². The van der Waals surface area contributed by atoms with Crippen molar-refractivity contribution in [2.75, 3.05) is 44.6 Å². The van der Waals surface area contributed by atoms with E-state index >= 15 is 0 Å². The highest BCUT2D eigenvalue weighted by molar-refractivity contribution is 7.92. The number of methoxy groups -OCH3 is 2. The number of aryl methyl sites for hydroxylation is 1. The molecule has 4 aliphatic rings. The molecule has 2 bridgehead atoms. The first kappa shape index (κ1) is 36.7. The maximum atomic E-state index is 14.5. The fraction of sp³-hybridized carbons (Fsp3) is 0.579. The van der Waals surface area contributed by atoms with Crippen molar-refractivity contribution in [1.29, 1.82) is 0 Å². The molecule has 2 aromatic carbocycles. The lowest BCUT2D eigenvalue weighted by Crippen LogP contribution is -2.43. The fourth-order valence-corrected chi connectivity index (χ4v) is 9.65. The van der Waals surface area contributed by atoms with Crippen molar-refractivity contribution in [2.45, 2.75) is 77.0 Å². The Morgan fingerprint density at radius 3 is 2.76 bits per heavy atom. The van der Waals surface area contributed by atoms with E-state index < -0.39 is 21.9 Å². The Kier molecular flexibility index (Phi) is 12.1. The van der Waals surface area contributed by atoms with Gasteiger partial charge in [-0.3, -0.25) is 9.52 Å². The first-order valence-electron chi connectivity index (χ1n) is 18.0. The number of amides is 3. The van der Waals surface area contributed by atoms with Crippen LogP contribution in [0.1, 0.15) is 73.4 Å². The number of allylic oxidation sites excluding steroid dienone is 1. The highest BCUT2D eigenvalue weighted by Crippen LogP contribution is 2.42. The molecule has 7 atom stereocenters. The zero-order chi connectivity index (χ0) is 35.3. The molecule has 2 N–H and O–H groups in total. The molecule has 272 valence electrons. The minimum Gasteiger partial charge on any atom is -0.491 e. The van der Waals surface area contributed by atoms with Crippen LogP contribution >= 0.6 is 11.6 Å². The molecule has 10 nitrogen and oxygen atoms in total. The van der Waals surface area contributed by atoms with Crippen LogP contribution in [0.25, 0.3) is 0 Å². The Bertz CT molecular complexity index is 1690. The Morgan fingerprint density at radius 1 is 1.14 bits per heavy atom. The molecular formula is C38H51ClN4O6S. The lowest BCUT2D eigenvalue weighted by Gasteiger charge is -2.43.